The molecule has 0 bridgehead atoms. The fourth-order valence-electron chi connectivity index (χ4n) is 1.89. The van der Waals surface area contributed by atoms with Gasteiger partial charge in [0.1, 0.15) is 5.75 Å². The maximum atomic E-state index is 11.1. The van der Waals surface area contributed by atoms with Crippen LogP contribution in [-0.2, 0) is 4.79 Å². The van der Waals surface area contributed by atoms with Crippen LogP contribution < -0.4 is 0 Å². The number of phenols is 1. The Labute approximate surface area is 103 Å². The van der Waals surface area contributed by atoms with Gasteiger partial charge in [-0.2, -0.15) is 0 Å². The van der Waals surface area contributed by atoms with Crippen molar-refractivity contribution in [3.63, 3.8) is 0 Å². The van der Waals surface area contributed by atoms with Crippen molar-refractivity contribution in [1.82, 2.24) is 0 Å². The summed E-state index contributed by atoms with van der Waals surface area (Å²) in [5.74, 6) is -1.50. The molecule has 1 aromatic rings. The van der Waals surface area contributed by atoms with Crippen molar-refractivity contribution in [3.05, 3.63) is 27.2 Å². The zero-order valence-corrected chi connectivity index (χ0v) is 11.1. The summed E-state index contributed by atoms with van der Waals surface area (Å²) in [5, 5.41) is 19.0. The van der Waals surface area contributed by atoms with Gasteiger partial charge in [-0.25, -0.2) is 0 Å². The van der Waals surface area contributed by atoms with E-state index in [9.17, 15) is 9.90 Å². The summed E-state index contributed by atoms with van der Waals surface area (Å²) in [7, 11) is 0. The highest BCUT2D eigenvalue weighted by molar-refractivity contribution is 9.10. The Kier molecular flexibility index (Phi) is 3.97. The van der Waals surface area contributed by atoms with Crippen molar-refractivity contribution in [1.29, 1.82) is 0 Å². The van der Waals surface area contributed by atoms with Gasteiger partial charge in [0.15, 0.2) is 0 Å². The third-order valence-electron chi connectivity index (χ3n) is 2.76. The van der Waals surface area contributed by atoms with E-state index in [1.54, 1.807) is 13.0 Å². The van der Waals surface area contributed by atoms with E-state index in [1.807, 2.05) is 13.8 Å². The van der Waals surface area contributed by atoms with Crippen LogP contribution in [0.25, 0.3) is 0 Å². The molecule has 3 nitrogen and oxygen atoms in total. The zero-order valence-electron chi connectivity index (χ0n) is 9.54. The molecule has 88 valence electrons. The molecule has 16 heavy (non-hydrogen) atoms. The predicted molar refractivity (Wildman–Crippen MR) is 65.9 cm³/mol. The van der Waals surface area contributed by atoms with Crippen molar-refractivity contribution >= 4 is 21.9 Å². The van der Waals surface area contributed by atoms with E-state index >= 15 is 0 Å². The van der Waals surface area contributed by atoms with Crippen LogP contribution in [0.15, 0.2) is 10.5 Å². The number of aliphatic carboxylic acids is 1. The van der Waals surface area contributed by atoms with Crippen LogP contribution in [0, 0.1) is 13.8 Å². The molecular formula is C12H15BrO3. The normalized spacial score (nSPS) is 12.5. The van der Waals surface area contributed by atoms with Gasteiger partial charge in [-0.1, -0.05) is 22.9 Å². The molecule has 1 rings (SSSR count). The van der Waals surface area contributed by atoms with Crippen molar-refractivity contribution in [3.8, 4) is 5.75 Å². The summed E-state index contributed by atoms with van der Waals surface area (Å²) in [6.45, 7) is 5.48. The summed E-state index contributed by atoms with van der Waals surface area (Å²) >= 11 is 3.41. The summed E-state index contributed by atoms with van der Waals surface area (Å²) in [6, 6.07) is 1.60. The fourth-order valence-corrected chi connectivity index (χ4v) is 2.22. The molecule has 2 N–H and O–H groups in total. The fraction of sp³-hybridized carbons (Fsp3) is 0.417. The lowest BCUT2D eigenvalue weighted by Crippen LogP contribution is -2.12. The average Bonchev–Trinajstić information content (AvgIpc) is 2.20. The van der Waals surface area contributed by atoms with Gasteiger partial charge in [0.25, 0.3) is 0 Å². The average molecular weight is 287 g/mol. The van der Waals surface area contributed by atoms with E-state index in [1.165, 1.54) is 0 Å². The largest absolute Gasteiger partial charge is 0.508 e. The van der Waals surface area contributed by atoms with Crippen LogP contribution in [-0.4, -0.2) is 16.2 Å². The molecule has 0 fully saturated rings. The second kappa shape index (κ2) is 4.87. The third kappa shape index (κ3) is 2.21. The minimum atomic E-state index is -0.906. The number of rotatable bonds is 3. The smallest absolute Gasteiger partial charge is 0.311 e. The zero-order chi connectivity index (χ0) is 12.5. The van der Waals surface area contributed by atoms with E-state index in [4.69, 9.17) is 5.11 Å². The highest BCUT2D eigenvalue weighted by atomic mass is 79.9. The predicted octanol–water partition coefficient (Wildman–Crippen LogP) is 3.35. The molecule has 0 amide bonds. The third-order valence-corrected chi connectivity index (χ3v) is 3.98. The Morgan fingerprint density at radius 3 is 2.50 bits per heavy atom. The first-order valence-electron chi connectivity index (χ1n) is 5.11. The van der Waals surface area contributed by atoms with Gasteiger partial charge in [0.05, 0.1) is 5.92 Å². The lowest BCUT2D eigenvalue weighted by Gasteiger charge is -2.17. The lowest BCUT2D eigenvalue weighted by atomic mass is 9.90. The molecule has 0 aliphatic heterocycles. The van der Waals surface area contributed by atoms with Crippen molar-refractivity contribution in [2.75, 3.05) is 0 Å². The number of halogens is 1. The monoisotopic (exact) mass is 286 g/mol. The molecule has 0 radical (unpaired) electrons. The van der Waals surface area contributed by atoms with Crippen LogP contribution in [0.5, 0.6) is 5.75 Å². The molecule has 0 spiro atoms. The maximum absolute atomic E-state index is 11.1. The number of carbonyl (C=O) groups is 1. The van der Waals surface area contributed by atoms with E-state index < -0.39 is 11.9 Å². The number of phenolic OH excluding ortho intramolecular Hbond substituents is 1. The van der Waals surface area contributed by atoms with Crippen LogP contribution >= 0.6 is 15.9 Å². The number of aryl methyl sites for hydroxylation is 1. The number of carboxylic acid groups (broad SMARTS) is 1. The van der Waals surface area contributed by atoms with Gasteiger partial charge >= 0.3 is 5.97 Å². The topological polar surface area (TPSA) is 57.5 Å². The van der Waals surface area contributed by atoms with E-state index in [0.29, 0.717) is 12.0 Å². The van der Waals surface area contributed by atoms with Crippen LogP contribution in [0.3, 0.4) is 0 Å². The molecule has 0 heterocycles. The van der Waals surface area contributed by atoms with Gasteiger partial charge in [-0.05, 0) is 37.5 Å². The molecule has 0 aromatic heterocycles. The summed E-state index contributed by atoms with van der Waals surface area (Å²) in [5.41, 5.74) is 2.21. The van der Waals surface area contributed by atoms with Crippen molar-refractivity contribution in [2.45, 2.75) is 33.1 Å². The second-order valence-corrected chi connectivity index (χ2v) is 4.66. The van der Waals surface area contributed by atoms with E-state index in [2.05, 4.69) is 15.9 Å². The van der Waals surface area contributed by atoms with Crippen molar-refractivity contribution < 1.29 is 15.0 Å². The van der Waals surface area contributed by atoms with Gasteiger partial charge in [0.2, 0.25) is 0 Å². The Hall–Kier alpha value is -1.03. The van der Waals surface area contributed by atoms with Crippen LogP contribution in [0.2, 0.25) is 0 Å². The maximum Gasteiger partial charge on any atom is 0.311 e. The molecule has 0 aliphatic carbocycles. The minimum absolute atomic E-state index is 0.0625. The van der Waals surface area contributed by atoms with Crippen LogP contribution in [0.1, 0.15) is 36.0 Å². The Morgan fingerprint density at radius 2 is 2.06 bits per heavy atom. The Morgan fingerprint density at radius 1 is 1.50 bits per heavy atom. The highest BCUT2D eigenvalue weighted by Crippen LogP contribution is 2.37. The molecule has 1 aromatic carbocycles. The molecule has 0 saturated heterocycles. The minimum Gasteiger partial charge on any atom is -0.508 e. The van der Waals surface area contributed by atoms with Crippen LogP contribution in [0.4, 0.5) is 0 Å². The standard InChI is InChI=1S/C12H15BrO3/c1-4-8(12(15)16)10-7(3)11(13)6(2)5-9(10)14/h5,8,14H,4H2,1-3H3,(H,15,16). The van der Waals surface area contributed by atoms with E-state index in [-0.39, 0.29) is 5.75 Å². The number of benzene rings is 1. The van der Waals surface area contributed by atoms with Gasteiger partial charge < -0.3 is 10.2 Å². The Balaban J connectivity index is 3.43. The van der Waals surface area contributed by atoms with E-state index in [0.717, 1.165) is 15.6 Å². The van der Waals surface area contributed by atoms with Gasteiger partial charge in [-0.15, -0.1) is 0 Å². The summed E-state index contributed by atoms with van der Waals surface area (Å²) < 4.78 is 0.861. The molecule has 1 atom stereocenters. The molecule has 0 saturated carbocycles. The first-order chi connectivity index (χ1) is 7.40. The number of hydrogen-bond acceptors (Lipinski definition) is 2. The summed E-state index contributed by atoms with van der Waals surface area (Å²) in [6.07, 6.45) is 0.458. The molecule has 0 aliphatic rings. The second-order valence-electron chi connectivity index (χ2n) is 3.86. The highest BCUT2D eigenvalue weighted by Gasteiger charge is 2.24. The van der Waals surface area contributed by atoms with Gasteiger partial charge in [0, 0.05) is 10.0 Å². The number of hydrogen-bond donors (Lipinski definition) is 2. The summed E-state index contributed by atoms with van der Waals surface area (Å²) in [4.78, 5) is 11.1. The molecule has 1 unspecified atom stereocenters. The number of carboxylic acids is 1. The lowest BCUT2D eigenvalue weighted by molar-refractivity contribution is -0.138. The molecule has 4 heteroatoms. The van der Waals surface area contributed by atoms with Gasteiger partial charge in [-0.3, -0.25) is 4.79 Å². The quantitative estimate of drug-likeness (QED) is 0.896. The number of aromatic hydroxyl groups is 1. The first-order valence-corrected chi connectivity index (χ1v) is 5.90. The van der Waals surface area contributed by atoms with Crippen molar-refractivity contribution in [2.24, 2.45) is 0 Å². The molecular weight excluding hydrogens is 272 g/mol. The Bertz CT molecular complexity index is 427. The SMILES string of the molecule is CCC(C(=O)O)c1c(O)cc(C)c(Br)c1C. The first kappa shape index (κ1) is 13.0.